The Morgan fingerprint density at radius 2 is 2.12 bits per heavy atom. The second kappa shape index (κ2) is 5.00. The van der Waals surface area contributed by atoms with Gasteiger partial charge in [0.2, 0.25) is 0 Å². The van der Waals surface area contributed by atoms with Gasteiger partial charge >= 0.3 is 0 Å². The van der Waals surface area contributed by atoms with Gasteiger partial charge in [0.05, 0.1) is 10.1 Å². The summed E-state index contributed by atoms with van der Waals surface area (Å²) >= 11 is 2.01. The molecule has 2 rings (SSSR count). The van der Waals surface area contributed by atoms with Gasteiger partial charge in [-0.1, -0.05) is 6.07 Å². The molecule has 0 amide bonds. The van der Waals surface area contributed by atoms with E-state index < -0.39 is 0 Å². The van der Waals surface area contributed by atoms with Crippen LogP contribution in [0.4, 0.5) is 4.39 Å². The van der Waals surface area contributed by atoms with E-state index in [1.165, 1.54) is 12.1 Å². The van der Waals surface area contributed by atoms with Crippen LogP contribution in [-0.4, -0.2) is 4.57 Å². The fourth-order valence-corrected chi connectivity index (χ4v) is 2.17. The fourth-order valence-electron chi connectivity index (χ4n) is 1.65. The highest BCUT2D eigenvalue weighted by atomic mass is 127. The summed E-state index contributed by atoms with van der Waals surface area (Å²) in [5.41, 5.74) is 1.79. The Morgan fingerprint density at radius 3 is 2.82 bits per heavy atom. The topological polar surface area (TPSA) is 22.0 Å². The van der Waals surface area contributed by atoms with Crippen LogP contribution in [0.2, 0.25) is 0 Å². The minimum atomic E-state index is -0.249. The van der Waals surface area contributed by atoms with Gasteiger partial charge in [-0.05, 0) is 64.9 Å². The molecular weight excluding hydrogens is 332 g/mol. The van der Waals surface area contributed by atoms with E-state index in [2.05, 4.69) is 0 Å². The summed E-state index contributed by atoms with van der Waals surface area (Å²) in [5.74, 6) is -0.249. The van der Waals surface area contributed by atoms with Gasteiger partial charge in [-0.2, -0.15) is 0 Å². The number of hydrogen-bond acceptors (Lipinski definition) is 1. The molecule has 0 aliphatic heterocycles. The molecule has 0 radical (unpaired) electrons. The Bertz CT molecular complexity index is 607. The normalized spacial score (nSPS) is 10.5. The molecule has 0 unspecified atom stereocenters. The summed E-state index contributed by atoms with van der Waals surface area (Å²) in [4.78, 5) is 11.8. The number of aromatic nitrogens is 1. The molecule has 0 saturated carbocycles. The average Bonchev–Trinajstić information content (AvgIpc) is 2.28. The molecule has 0 aliphatic rings. The third-order valence-corrected chi connectivity index (χ3v) is 3.44. The lowest BCUT2D eigenvalue weighted by Crippen LogP contribution is -2.22. The smallest absolute Gasteiger partial charge is 0.264 e. The van der Waals surface area contributed by atoms with Crippen molar-refractivity contribution in [2.24, 2.45) is 0 Å². The molecule has 0 spiro atoms. The Hall–Kier alpha value is -1.17. The number of benzene rings is 1. The van der Waals surface area contributed by atoms with Gasteiger partial charge in [-0.3, -0.25) is 4.79 Å². The first-order valence-electron chi connectivity index (χ1n) is 5.18. The lowest BCUT2D eigenvalue weighted by atomic mass is 10.1. The molecule has 17 heavy (non-hydrogen) atoms. The van der Waals surface area contributed by atoms with Gasteiger partial charge in [-0.15, -0.1) is 0 Å². The first kappa shape index (κ1) is 12.3. The van der Waals surface area contributed by atoms with E-state index in [0.29, 0.717) is 10.1 Å². The van der Waals surface area contributed by atoms with Crippen molar-refractivity contribution in [2.45, 2.75) is 13.5 Å². The standard InChI is InChI=1S/C13H11FINO/c1-9-7-11(14)5-4-10(9)8-16-6-2-3-12(15)13(16)17/h2-7H,8H2,1H3. The zero-order valence-corrected chi connectivity index (χ0v) is 11.4. The maximum absolute atomic E-state index is 13.0. The minimum Gasteiger partial charge on any atom is -0.310 e. The maximum atomic E-state index is 13.0. The highest BCUT2D eigenvalue weighted by molar-refractivity contribution is 14.1. The Morgan fingerprint density at radius 1 is 1.35 bits per heavy atom. The highest BCUT2D eigenvalue weighted by Gasteiger charge is 2.04. The molecule has 0 bridgehead atoms. The summed E-state index contributed by atoms with van der Waals surface area (Å²) in [6, 6.07) is 8.23. The van der Waals surface area contributed by atoms with E-state index in [4.69, 9.17) is 0 Å². The van der Waals surface area contributed by atoms with Crippen molar-refractivity contribution in [1.82, 2.24) is 4.57 Å². The SMILES string of the molecule is Cc1cc(F)ccc1Cn1cccc(I)c1=O. The van der Waals surface area contributed by atoms with Crippen LogP contribution in [0.5, 0.6) is 0 Å². The van der Waals surface area contributed by atoms with Crippen molar-refractivity contribution in [3.63, 3.8) is 0 Å². The summed E-state index contributed by atoms with van der Waals surface area (Å²) in [5, 5.41) is 0. The maximum Gasteiger partial charge on any atom is 0.264 e. The molecule has 2 nitrogen and oxygen atoms in total. The predicted molar refractivity (Wildman–Crippen MR) is 73.7 cm³/mol. The highest BCUT2D eigenvalue weighted by Crippen LogP contribution is 2.11. The van der Waals surface area contributed by atoms with Crippen molar-refractivity contribution >= 4 is 22.6 Å². The van der Waals surface area contributed by atoms with Gasteiger partial charge in [0.15, 0.2) is 0 Å². The molecule has 0 fully saturated rings. The minimum absolute atomic E-state index is 0.0168. The van der Waals surface area contributed by atoms with Crippen molar-refractivity contribution < 1.29 is 4.39 Å². The van der Waals surface area contributed by atoms with Crippen LogP contribution in [0, 0.1) is 16.3 Å². The lowest BCUT2D eigenvalue weighted by Gasteiger charge is -2.08. The molecule has 2 aromatic rings. The second-order valence-corrected chi connectivity index (χ2v) is 5.02. The number of nitrogens with zero attached hydrogens (tertiary/aromatic N) is 1. The van der Waals surface area contributed by atoms with Crippen molar-refractivity contribution in [3.8, 4) is 0 Å². The summed E-state index contributed by atoms with van der Waals surface area (Å²) in [6.07, 6.45) is 1.74. The van der Waals surface area contributed by atoms with Crippen molar-refractivity contribution in [1.29, 1.82) is 0 Å². The summed E-state index contributed by atoms with van der Waals surface area (Å²) < 4.78 is 15.3. The second-order valence-electron chi connectivity index (χ2n) is 3.86. The van der Waals surface area contributed by atoms with E-state index in [9.17, 15) is 9.18 Å². The molecule has 1 aromatic heterocycles. The largest absolute Gasteiger partial charge is 0.310 e. The molecular formula is C13H11FINO. The van der Waals surface area contributed by atoms with Gasteiger partial charge < -0.3 is 4.57 Å². The number of rotatable bonds is 2. The zero-order valence-electron chi connectivity index (χ0n) is 9.28. The Labute approximate surface area is 112 Å². The molecule has 0 atom stereocenters. The van der Waals surface area contributed by atoms with Gasteiger partial charge in [0.1, 0.15) is 5.82 Å². The first-order chi connectivity index (χ1) is 8.08. The van der Waals surface area contributed by atoms with Crippen LogP contribution in [0.25, 0.3) is 0 Å². The summed E-state index contributed by atoms with van der Waals surface area (Å²) in [6.45, 7) is 2.32. The quantitative estimate of drug-likeness (QED) is 0.769. The number of pyridine rings is 1. The Balaban J connectivity index is 2.38. The third kappa shape index (κ3) is 2.74. The number of aryl methyl sites for hydroxylation is 1. The zero-order chi connectivity index (χ0) is 12.4. The van der Waals surface area contributed by atoms with Gasteiger partial charge in [0, 0.05) is 6.20 Å². The van der Waals surface area contributed by atoms with Crippen LogP contribution < -0.4 is 5.56 Å². The molecule has 0 aliphatic carbocycles. The van der Waals surface area contributed by atoms with Gasteiger partial charge in [-0.25, -0.2) is 4.39 Å². The van der Waals surface area contributed by atoms with E-state index >= 15 is 0 Å². The van der Waals surface area contributed by atoms with E-state index in [-0.39, 0.29) is 11.4 Å². The van der Waals surface area contributed by atoms with Crippen LogP contribution in [0.1, 0.15) is 11.1 Å². The molecule has 0 N–H and O–H groups in total. The van der Waals surface area contributed by atoms with Crippen molar-refractivity contribution in [3.05, 3.63) is 67.4 Å². The lowest BCUT2D eigenvalue weighted by molar-refractivity contribution is 0.624. The van der Waals surface area contributed by atoms with E-state index in [1.54, 1.807) is 22.9 Å². The predicted octanol–water partition coefficient (Wildman–Crippen LogP) is 2.95. The van der Waals surface area contributed by atoms with Crippen LogP contribution in [0.3, 0.4) is 0 Å². The van der Waals surface area contributed by atoms with E-state index in [0.717, 1.165) is 11.1 Å². The van der Waals surface area contributed by atoms with Crippen molar-refractivity contribution in [2.75, 3.05) is 0 Å². The molecule has 1 heterocycles. The molecule has 4 heteroatoms. The van der Waals surface area contributed by atoms with Crippen LogP contribution in [0.15, 0.2) is 41.3 Å². The van der Waals surface area contributed by atoms with E-state index in [1.807, 2.05) is 35.6 Å². The molecule has 88 valence electrons. The molecule has 0 saturated heterocycles. The van der Waals surface area contributed by atoms with Crippen LogP contribution >= 0.6 is 22.6 Å². The fraction of sp³-hybridized carbons (Fsp3) is 0.154. The molecule has 1 aromatic carbocycles. The average molecular weight is 343 g/mol. The number of hydrogen-bond donors (Lipinski definition) is 0. The third-order valence-electron chi connectivity index (χ3n) is 2.62. The first-order valence-corrected chi connectivity index (χ1v) is 6.26. The monoisotopic (exact) mass is 343 g/mol. The van der Waals surface area contributed by atoms with Gasteiger partial charge in [0.25, 0.3) is 5.56 Å². The Kier molecular flexibility index (Phi) is 3.61. The van der Waals surface area contributed by atoms with Crippen LogP contribution in [-0.2, 0) is 6.54 Å². The number of halogens is 2. The summed E-state index contributed by atoms with van der Waals surface area (Å²) in [7, 11) is 0.